The summed E-state index contributed by atoms with van der Waals surface area (Å²) in [6, 6.07) is 17.0. The SMILES string of the molecule is COC(=O)c1ccc(C(=O)N2CCN(Cc3ccccc3)CC2)cc1. The largest absolute Gasteiger partial charge is 0.465 e. The lowest BCUT2D eigenvalue weighted by Gasteiger charge is -2.34. The van der Waals surface area contributed by atoms with Gasteiger partial charge in [-0.25, -0.2) is 4.79 Å². The van der Waals surface area contributed by atoms with E-state index in [1.807, 2.05) is 23.1 Å². The number of ether oxygens (including phenoxy) is 1. The number of piperazine rings is 1. The summed E-state index contributed by atoms with van der Waals surface area (Å²) in [6.45, 7) is 4.06. The number of amides is 1. The molecule has 5 heteroatoms. The Labute approximate surface area is 147 Å². The molecule has 0 spiro atoms. The molecule has 0 atom stereocenters. The van der Waals surface area contributed by atoms with E-state index in [4.69, 9.17) is 0 Å². The number of esters is 1. The van der Waals surface area contributed by atoms with E-state index in [1.54, 1.807) is 24.3 Å². The number of methoxy groups -OCH3 is 1. The number of carbonyl (C=O) groups excluding carboxylic acids is 2. The Morgan fingerprint density at radius 2 is 1.48 bits per heavy atom. The monoisotopic (exact) mass is 338 g/mol. The fourth-order valence-electron chi connectivity index (χ4n) is 3.00. The lowest BCUT2D eigenvalue weighted by Crippen LogP contribution is -2.48. The summed E-state index contributed by atoms with van der Waals surface area (Å²) >= 11 is 0. The van der Waals surface area contributed by atoms with E-state index >= 15 is 0 Å². The summed E-state index contributed by atoms with van der Waals surface area (Å²) in [4.78, 5) is 28.3. The van der Waals surface area contributed by atoms with Crippen molar-refractivity contribution in [2.75, 3.05) is 33.3 Å². The average molecular weight is 338 g/mol. The van der Waals surface area contributed by atoms with Crippen LogP contribution < -0.4 is 0 Å². The molecule has 0 unspecified atom stereocenters. The maximum absolute atomic E-state index is 12.6. The number of carbonyl (C=O) groups is 2. The number of hydrogen-bond donors (Lipinski definition) is 0. The predicted molar refractivity (Wildman–Crippen MR) is 95.4 cm³/mol. The predicted octanol–water partition coefficient (Wildman–Crippen LogP) is 2.43. The lowest BCUT2D eigenvalue weighted by atomic mass is 10.1. The van der Waals surface area contributed by atoms with Crippen molar-refractivity contribution in [3.8, 4) is 0 Å². The Morgan fingerprint density at radius 3 is 2.08 bits per heavy atom. The van der Waals surface area contributed by atoms with Gasteiger partial charge in [0.15, 0.2) is 0 Å². The van der Waals surface area contributed by atoms with Gasteiger partial charge in [0, 0.05) is 38.3 Å². The molecule has 0 bridgehead atoms. The van der Waals surface area contributed by atoms with Crippen LogP contribution in [0.15, 0.2) is 54.6 Å². The number of benzene rings is 2. The van der Waals surface area contributed by atoms with E-state index in [0.717, 1.165) is 19.6 Å². The second-order valence-electron chi connectivity index (χ2n) is 6.12. The van der Waals surface area contributed by atoms with Crippen molar-refractivity contribution < 1.29 is 14.3 Å². The van der Waals surface area contributed by atoms with Crippen molar-refractivity contribution in [1.29, 1.82) is 0 Å². The molecular weight excluding hydrogens is 316 g/mol. The van der Waals surface area contributed by atoms with Gasteiger partial charge in [-0.1, -0.05) is 30.3 Å². The molecule has 2 aromatic carbocycles. The van der Waals surface area contributed by atoms with Crippen LogP contribution in [0.2, 0.25) is 0 Å². The Balaban J connectivity index is 1.55. The molecule has 0 aliphatic carbocycles. The van der Waals surface area contributed by atoms with Crippen LogP contribution in [-0.4, -0.2) is 55.0 Å². The molecule has 1 amide bonds. The summed E-state index contributed by atoms with van der Waals surface area (Å²) in [5.74, 6) is -0.385. The topological polar surface area (TPSA) is 49.9 Å². The minimum absolute atomic E-state index is 0.00998. The van der Waals surface area contributed by atoms with Crippen molar-refractivity contribution in [2.24, 2.45) is 0 Å². The average Bonchev–Trinajstić information content (AvgIpc) is 2.68. The molecule has 0 aromatic heterocycles. The maximum atomic E-state index is 12.6. The van der Waals surface area contributed by atoms with Crippen LogP contribution in [0.4, 0.5) is 0 Å². The first-order chi connectivity index (χ1) is 12.2. The van der Waals surface area contributed by atoms with Gasteiger partial charge >= 0.3 is 5.97 Å². The molecule has 0 saturated carbocycles. The smallest absolute Gasteiger partial charge is 0.337 e. The minimum atomic E-state index is -0.395. The van der Waals surface area contributed by atoms with Crippen LogP contribution in [0.3, 0.4) is 0 Å². The highest BCUT2D eigenvalue weighted by molar-refractivity contribution is 5.96. The van der Waals surface area contributed by atoms with Gasteiger partial charge in [0.2, 0.25) is 0 Å². The van der Waals surface area contributed by atoms with Crippen LogP contribution in [0.1, 0.15) is 26.3 Å². The highest BCUT2D eigenvalue weighted by Gasteiger charge is 2.22. The normalized spacial score (nSPS) is 15.0. The van der Waals surface area contributed by atoms with Gasteiger partial charge in [0.1, 0.15) is 0 Å². The first kappa shape index (κ1) is 17.2. The van der Waals surface area contributed by atoms with E-state index in [-0.39, 0.29) is 5.91 Å². The Bertz CT molecular complexity index is 720. The van der Waals surface area contributed by atoms with Crippen molar-refractivity contribution in [3.05, 3.63) is 71.3 Å². The van der Waals surface area contributed by atoms with Crippen LogP contribution in [-0.2, 0) is 11.3 Å². The lowest BCUT2D eigenvalue weighted by molar-refractivity contribution is 0.0596. The third-order valence-electron chi connectivity index (χ3n) is 4.46. The third kappa shape index (κ3) is 4.25. The zero-order valence-corrected chi connectivity index (χ0v) is 14.4. The van der Waals surface area contributed by atoms with Crippen molar-refractivity contribution >= 4 is 11.9 Å². The molecule has 3 rings (SSSR count). The highest BCUT2D eigenvalue weighted by atomic mass is 16.5. The molecule has 5 nitrogen and oxygen atoms in total. The molecule has 1 aliphatic rings. The third-order valence-corrected chi connectivity index (χ3v) is 4.46. The zero-order valence-electron chi connectivity index (χ0n) is 14.4. The Hall–Kier alpha value is -2.66. The van der Waals surface area contributed by atoms with Crippen LogP contribution in [0.5, 0.6) is 0 Å². The molecule has 1 fully saturated rings. The number of nitrogens with zero attached hydrogens (tertiary/aromatic N) is 2. The van der Waals surface area contributed by atoms with E-state index in [2.05, 4.69) is 21.8 Å². The van der Waals surface area contributed by atoms with Gasteiger partial charge in [0.05, 0.1) is 12.7 Å². The summed E-state index contributed by atoms with van der Waals surface area (Å²) < 4.78 is 4.67. The highest BCUT2D eigenvalue weighted by Crippen LogP contribution is 2.13. The molecule has 1 saturated heterocycles. The van der Waals surface area contributed by atoms with E-state index in [0.29, 0.717) is 24.2 Å². The quantitative estimate of drug-likeness (QED) is 0.804. The van der Waals surface area contributed by atoms with Crippen molar-refractivity contribution in [2.45, 2.75) is 6.54 Å². The van der Waals surface area contributed by atoms with Gasteiger partial charge in [-0.2, -0.15) is 0 Å². The van der Waals surface area contributed by atoms with Gasteiger partial charge in [-0.15, -0.1) is 0 Å². The van der Waals surface area contributed by atoms with E-state index < -0.39 is 5.97 Å². The van der Waals surface area contributed by atoms with Crippen LogP contribution in [0, 0.1) is 0 Å². The second-order valence-corrected chi connectivity index (χ2v) is 6.12. The molecule has 2 aromatic rings. The minimum Gasteiger partial charge on any atom is -0.465 e. The maximum Gasteiger partial charge on any atom is 0.337 e. The molecule has 1 aliphatic heterocycles. The Morgan fingerprint density at radius 1 is 0.880 bits per heavy atom. The molecule has 1 heterocycles. The molecule has 0 N–H and O–H groups in total. The molecule has 130 valence electrons. The summed E-state index contributed by atoms with van der Waals surface area (Å²) in [5, 5.41) is 0. The first-order valence-electron chi connectivity index (χ1n) is 8.41. The van der Waals surface area contributed by atoms with Gasteiger partial charge in [-0.05, 0) is 29.8 Å². The van der Waals surface area contributed by atoms with Crippen molar-refractivity contribution in [1.82, 2.24) is 9.80 Å². The number of rotatable bonds is 4. The van der Waals surface area contributed by atoms with Gasteiger partial charge in [-0.3, -0.25) is 9.69 Å². The summed E-state index contributed by atoms with van der Waals surface area (Å²) in [5.41, 5.74) is 2.34. The molecular formula is C20H22N2O3. The van der Waals surface area contributed by atoms with Crippen LogP contribution >= 0.6 is 0 Å². The fourth-order valence-corrected chi connectivity index (χ4v) is 3.00. The summed E-state index contributed by atoms with van der Waals surface area (Å²) in [7, 11) is 1.34. The standard InChI is InChI=1S/C20H22N2O3/c1-25-20(24)18-9-7-17(8-10-18)19(23)22-13-11-21(12-14-22)15-16-5-3-2-4-6-16/h2-10H,11-15H2,1H3. The van der Waals surface area contributed by atoms with Gasteiger partial charge < -0.3 is 9.64 Å². The van der Waals surface area contributed by atoms with Gasteiger partial charge in [0.25, 0.3) is 5.91 Å². The van der Waals surface area contributed by atoms with E-state index in [1.165, 1.54) is 12.7 Å². The first-order valence-corrected chi connectivity index (χ1v) is 8.41. The number of hydrogen-bond acceptors (Lipinski definition) is 4. The van der Waals surface area contributed by atoms with E-state index in [9.17, 15) is 9.59 Å². The Kier molecular flexibility index (Phi) is 5.46. The van der Waals surface area contributed by atoms with Crippen LogP contribution in [0.25, 0.3) is 0 Å². The van der Waals surface area contributed by atoms with Crippen molar-refractivity contribution in [3.63, 3.8) is 0 Å². The molecule has 25 heavy (non-hydrogen) atoms. The zero-order chi connectivity index (χ0) is 17.6. The fraction of sp³-hybridized carbons (Fsp3) is 0.300. The second kappa shape index (κ2) is 7.94. The summed E-state index contributed by atoms with van der Waals surface area (Å²) in [6.07, 6.45) is 0. The molecule has 0 radical (unpaired) electrons.